The molecule has 0 aromatic carbocycles. The van der Waals surface area contributed by atoms with Crippen LogP contribution >= 0.6 is 7.60 Å². The van der Waals surface area contributed by atoms with Crippen molar-refractivity contribution in [3.8, 4) is 0 Å². The molecule has 0 saturated carbocycles. The quantitative estimate of drug-likeness (QED) is 0.351. The van der Waals surface area contributed by atoms with Crippen LogP contribution in [0, 0.1) is 0 Å². The van der Waals surface area contributed by atoms with Gasteiger partial charge in [-0.15, -0.1) is 0 Å². The van der Waals surface area contributed by atoms with E-state index in [4.69, 9.17) is 13.8 Å². The molecule has 0 radical (unpaired) electrons. The first kappa shape index (κ1) is 19.3. The predicted octanol–water partition coefficient (Wildman–Crippen LogP) is 2.94. The van der Waals surface area contributed by atoms with Gasteiger partial charge in [0, 0.05) is 0 Å². The highest BCUT2D eigenvalue weighted by atomic mass is 31.2. The SMILES string of the molecule is CCOC(=O)C(=O)C(CC)(CC)P(=O)(OCC)OCC. The Labute approximate surface area is 120 Å². The van der Waals surface area contributed by atoms with Crippen molar-refractivity contribution in [1.82, 2.24) is 0 Å². The van der Waals surface area contributed by atoms with E-state index in [0.717, 1.165) is 0 Å². The first-order valence-corrected chi connectivity index (χ1v) is 8.54. The highest BCUT2D eigenvalue weighted by Crippen LogP contribution is 2.63. The molecular weight excluding hydrogens is 283 g/mol. The fraction of sp³-hybridized carbons (Fsp3) is 0.846. The minimum atomic E-state index is -3.74. The van der Waals surface area contributed by atoms with E-state index in [-0.39, 0.29) is 32.7 Å². The maximum atomic E-state index is 13.0. The minimum Gasteiger partial charge on any atom is -0.460 e. The standard InChI is InChI=1S/C13H25O6P/c1-6-13(7-2,11(14)12(15)17-8-3)20(16,18-9-4)19-10-5/h6-10H2,1-5H3. The summed E-state index contributed by atoms with van der Waals surface area (Å²) in [5.41, 5.74) is 0. The fourth-order valence-electron chi connectivity index (χ4n) is 2.09. The normalized spacial score (nSPS) is 12.2. The van der Waals surface area contributed by atoms with Crippen molar-refractivity contribution < 1.29 is 27.9 Å². The van der Waals surface area contributed by atoms with E-state index >= 15 is 0 Å². The van der Waals surface area contributed by atoms with E-state index in [9.17, 15) is 14.2 Å². The topological polar surface area (TPSA) is 78.9 Å². The molecule has 0 spiro atoms. The molecule has 0 aliphatic carbocycles. The Balaban J connectivity index is 5.72. The highest BCUT2D eigenvalue weighted by molar-refractivity contribution is 7.57. The molecule has 0 atom stereocenters. The second-order valence-electron chi connectivity index (χ2n) is 4.12. The van der Waals surface area contributed by atoms with Gasteiger partial charge in [0.05, 0.1) is 19.8 Å². The molecule has 0 aromatic heterocycles. The maximum Gasteiger partial charge on any atom is 0.375 e. The second kappa shape index (κ2) is 8.55. The number of esters is 1. The Morgan fingerprint density at radius 1 is 0.900 bits per heavy atom. The monoisotopic (exact) mass is 308 g/mol. The molecule has 0 saturated heterocycles. The van der Waals surface area contributed by atoms with Gasteiger partial charge in [0.15, 0.2) is 0 Å². The highest BCUT2D eigenvalue weighted by Gasteiger charge is 2.56. The molecule has 6 nitrogen and oxygen atoms in total. The number of hydrogen-bond acceptors (Lipinski definition) is 6. The lowest BCUT2D eigenvalue weighted by Crippen LogP contribution is -2.44. The summed E-state index contributed by atoms with van der Waals surface area (Å²) in [6.07, 6.45) is 0.358. The summed E-state index contributed by atoms with van der Waals surface area (Å²) in [6, 6.07) is 0. The van der Waals surface area contributed by atoms with Gasteiger partial charge in [-0.05, 0) is 33.6 Å². The van der Waals surface area contributed by atoms with E-state index in [0.29, 0.717) is 0 Å². The molecule has 0 bridgehead atoms. The summed E-state index contributed by atoms with van der Waals surface area (Å²) in [4.78, 5) is 24.2. The molecule has 0 heterocycles. The van der Waals surface area contributed by atoms with Crippen LogP contribution in [0.25, 0.3) is 0 Å². The van der Waals surface area contributed by atoms with Crippen molar-refractivity contribution in [2.45, 2.75) is 52.6 Å². The van der Waals surface area contributed by atoms with Crippen molar-refractivity contribution in [1.29, 1.82) is 0 Å². The van der Waals surface area contributed by atoms with Crippen LogP contribution in [-0.2, 0) is 27.9 Å². The Kier molecular flexibility index (Phi) is 8.25. The first-order valence-electron chi connectivity index (χ1n) is 6.99. The van der Waals surface area contributed by atoms with Gasteiger partial charge in [-0.1, -0.05) is 13.8 Å². The second-order valence-corrected chi connectivity index (χ2v) is 6.49. The average Bonchev–Trinajstić information content (AvgIpc) is 2.41. The number of rotatable bonds is 10. The zero-order valence-corrected chi connectivity index (χ0v) is 13.8. The van der Waals surface area contributed by atoms with Gasteiger partial charge in [0.1, 0.15) is 5.16 Å². The van der Waals surface area contributed by atoms with Crippen LogP contribution in [-0.4, -0.2) is 36.7 Å². The summed E-state index contributed by atoms with van der Waals surface area (Å²) >= 11 is 0. The number of ether oxygens (including phenoxy) is 1. The maximum absolute atomic E-state index is 13.0. The molecular formula is C13H25O6P. The number of Topliss-reactive ketones (excluding diaryl/α,β-unsaturated/α-hetero) is 1. The molecule has 0 aliphatic rings. The largest absolute Gasteiger partial charge is 0.460 e. The van der Waals surface area contributed by atoms with Crippen LogP contribution in [0.15, 0.2) is 0 Å². The fourth-order valence-corrected chi connectivity index (χ4v) is 4.46. The summed E-state index contributed by atoms with van der Waals surface area (Å²) in [7, 11) is -3.74. The molecule has 0 amide bonds. The minimum absolute atomic E-state index is 0.0850. The molecule has 0 aliphatic heterocycles. The number of carbonyl (C=O) groups excluding carboxylic acids is 2. The first-order chi connectivity index (χ1) is 9.38. The lowest BCUT2D eigenvalue weighted by molar-refractivity contribution is -0.155. The number of hydrogen-bond donors (Lipinski definition) is 0. The van der Waals surface area contributed by atoms with Crippen LogP contribution in [0.1, 0.15) is 47.5 Å². The third-order valence-electron chi connectivity index (χ3n) is 3.18. The van der Waals surface area contributed by atoms with Gasteiger partial charge in [0.2, 0.25) is 0 Å². The Morgan fingerprint density at radius 2 is 1.35 bits per heavy atom. The smallest absolute Gasteiger partial charge is 0.375 e. The van der Waals surface area contributed by atoms with Crippen LogP contribution in [0.2, 0.25) is 0 Å². The summed E-state index contributed by atoms with van der Waals surface area (Å²) in [5.74, 6) is -1.83. The van der Waals surface area contributed by atoms with Crippen molar-refractivity contribution in [2.24, 2.45) is 0 Å². The lowest BCUT2D eigenvalue weighted by Gasteiger charge is -2.35. The van der Waals surface area contributed by atoms with Gasteiger partial charge in [-0.2, -0.15) is 0 Å². The number of carbonyl (C=O) groups is 2. The lowest BCUT2D eigenvalue weighted by atomic mass is 9.97. The van der Waals surface area contributed by atoms with Crippen LogP contribution in [0.5, 0.6) is 0 Å². The van der Waals surface area contributed by atoms with Gasteiger partial charge >= 0.3 is 13.6 Å². The third kappa shape index (κ3) is 3.68. The predicted molar refractivity (Wildman–Crippen MR) is 75.8 cm³/mol. The summed E-state index contributed by atoms with van der Waals surface area (Å²) in [6.45, 7) is 8.66. The third-order valence-corrected chi connectivity index (χ3v) is 6.26. The number of ketones is 1. The molecule has 0 unspecified atom stereocenters. The van der Waals surface area contributed by atoms with Gasteiger partial charge in [0.25, 0.3) is 5.78 Å². The zero-order chi connectivity index (χ0) is 15.8. The van der Waals surface area contributed by atoms with E-state index in [1.165, 1.54) is 0 Å². The molecule has 20 heavy (non-hydrogen) atoms. The molecule has 0 fully saturated rings. The van der Waals surface area contributed by atoms with Crippen LogP contribution in [0.3, 0.4) is 0 Å². The van der Waals surface area contributed by atoms with Gasteiger partial charge < -0.3 is 13.8 Å². The van der Waals surface area contributed by atoms with Gasteiger partial charge in [-0.25, -0.2) is 4.79 Å². The molecule has 0 rings (SSSR count). The molecule has 118 valence electrons. The molecule has 0 aromatic rings. The van der Waals surface area contributed by atoms with Crippen molar-refractivity contribution in [2.75, 3.05) is 19.8 Å². The van der Waals surface area contributed by atoms with E-state index in [1.807, 2.05) is 0 Å². The van der Waals surface area contributed by atoms with Crippen LogP contribution in [0.4, 0.5) is 0 Å². The van der Waals surface area contributed by atoms with Crippen LogP contribution < -0.4 is 0 Å². The summed E-state index contributed by atoms with van der Waals surface area (Å²) < 4.78 is 28.3. The van der Waals surface area contributed by atoms with E-state index in [1.54, 1.807) is 34.6 Å². The Hall–Kier alpha value is -0.710. The van der Waals surface area contributed by atoms with E-state index < -0.39 is 24.5 Å². The molecule has 0 N–H and O–H groups in total. The average molecular weight is 308 g/mol. The van der Waals surface area contributed by atoms with Gasteiger partial charge in [-0.3, -0.25) is 9.36 Å². The molecule has 7 heteroatoms. The van der Waals surface area contributed by atoms with Crippen molar-refractivity contribution in [3.05, 3.63) is 0 Å². The van der Waals surface area contributed by atoms with Crippen molar-refractivity contribution in [3.63, 3.8) is 0 Å². The van der Waals surface area contributed by atoms with E-state index in [2.05, 4.69) is 0 Å². The Bertz CT molecular complexity index is 365. The zero-order valence-electron chi connectivity index (χ0n) is 12.9. The van der Waals surface area contributed by atoms with Crippen molar-refractivity contribution >= 4 is 19.3 Å². The Morgan fingerprint density at radius 3 is 1.65 bits per heavy atom. The summed E-state index contributed by atoms with van der Waals surface area (Å²) in [5, 5.41) is -1.48.